The number of aromatic nitrogens is 8. The average molecular weight is 1170 g/mol. The van der Waals surface area contributed by atoms with Gasteiger partial charge in [-0.25, -0.2) is 19.9 Å². The third kappa shape index (κ3) is 15.6. The largest absolute Gasteiger partial charge is 0.381 e. The first-order chi connectivity index (χ1) is 32.0. The molecule has 0 unspecified atom stereocenters. The summed E-state index contributed by atoms with van der Waals surface area (Å²) in [7, 11) is 14.0. The molecule has 5 aliphatic rings. The average Bonchev–Trinajstić information content (AvgIpc) is 4.05. The summed E-state index contributed by atoms with van der Waals surface area (Å²) in [6, 6.07) is 2.24. The van der Waals surface area contributed by atoms with Crippen LogP contribution in [0.2, 0.25) is 5.28 Å². The molecule has 0 amide bonds. The van der Waals surface area contributed by atoms with Crippen molar-refractivity contribution in [3.05, 3.63) is 47.9 Å². The third-order valence-electron chi connectivity index (χ3n) is 13.2. The van der Waals surface area contributed by atoms with E-state index in [0.29, 0.717) is 53.6 Å². The zero-order valence-corrected chi connectivity index (χ0v) is 45.8. The summed E-state index contributed by atoms with van der Waals surface area (Å²) in [5.74, 6) is 3.89. The van der Waals surface area contributed by atoms with Gasteiger partial charge in [-0.05, 0) is 103 Å². The van der Waals surface area contributed by atoms with E-state index in [1.54, 1.807) is 0 Å². The molecule has 2 aliphatic carbocycles. The van der Waals surface area contributed by atoms with Crippen LogP contribution < -0.4 is 10.6 Å². The smallest absolute Gasteiger partial charge is 0.225 e. The summed E-state index contributed by atoms with van der Waals surface area (Å²) < 4.78 is 27.7. The van der Waals surface area contributed by atoms with Crippen molar-refractivity contribution in [2.75, 3.05) is 76.5 Å². The second-order valence-corrected chi connectivity index (χ2v) is 20.8. The molecule has 0 spiro atoms. The number of halogens is 1. The van der Waals surface area contributed by atoms with E-state index in [9.17, 15) is 0 Å². The summed E-state index contributed by atoms with van der Waals surface area (Å²) in [6.07, 6.45) is 13.6. The van der Waals surface area contributed by atoms with Gasteiger partial charge in [-0.1, -0.05) is 35.1 Å². The van der Waals surface area contributed by atoms with Crippen molar-refractivity contribution in [2.45, 2.75) is 135 Å². The first kappa shape index (κ1) is 57.7. The predicted octanol–water partition coefficient (Wildman–Crippen LogP) is 7.18. The van der Waals surface area contributed by atoms with Crippen molar-refractivity contribution >= 4 is 96.3 Å². The minimum absolute atomic E-state index is 0. The van der Waals surface area contributed by atoms with Gasteiger partial charge in [-0.2, -0.15) is 13.8 Å². The van der Waals surface area contributed by atoms with E-state index in [1.807, 2.05) is 10.9 Å². The van der Waals surface area contributed by atoms with Gasteiger partial charge in [0.1, 0.15) is 22.3 Å². The Morgan fingerprint density at radius 2 is 1.17 bits per heavy atom. The quantitative estimate of drug-likeness (QED) is 0.0737. The fourth-order valence-corrected chi connectivity index (χ4v) is 11.8. The molecule has 5 aromatic heterocycles. The second-order valence-electron chi connectivity index (χ2n) is 19.0. The van der Waals surface area contributed by atoms with Crippen LogP contribution in [0.4, 0.5) is 11.6 Å². The van der Waals surface area contributed by atoms with Crippen LogP contribution in [-0.4, -0.2) is 168 Å². The minimum atomic E-state index is -0.667. The van der Waals surface area contributed by atoms with E-state index in [2.05, 4.69) is 97.0 Å². The number of ether oxygens (including phenoxy) is 3. The van der Waals surface area contributed by atoms with Gasteiger partial charge >= 0.3 is 0 Å². The maximum absolute atomic E-state index is 6.15. The van der Waals surface area contributed by atoms with E-state index >= 15 is 0 Å². The number of nitrogens with zero attached hydrogens (tertiary/aromatic N) is 10. The Kier molecular flexibility index (Phi) is 23.2. The normalized spacial score (nSPS) is 22.2. The van der Waals surface area contributed by atoms with Crippen molar-refractivity contribution in [3.63, 3.8) is 0 Å². The zero-order chi connectivity index (χ0) is 46.2. The molecule has 3 aliphatic heterocycles. The van der Waals surface area contributed by atoms with Crippen molar-refractivity contribution in [1.82, 2.24) is 48.3 Å². The summed E-state index contributed by atoms with van der Waals surface area (Å²) in [4.78, 5) is 25.9. The van der Waals surface area contributed by atoms with Gasteiger partial charge in [0.2, 0.25) is 5.28 Å². The number of hydrogen-bond donors (Lipinski definition) is 2. The van der Waals surface area contributed by atoms with Crippen molar-refractivity contribution in [2.24, 2.45) is 5.92 Å². The van der Waals surface area contributed by atoms with Crippen LogP contribution in [0.5, 0.6) is 0 Å². The van der Waals surface area contributed by atoms with Gasteiger partial charge in [0.05, 0.1) is 68.0 Å². The molecule has 15 nitrogen and oxygen atoms in total. The summed E-state index contributed by atoms with van der Waals surface area (Å²) >= 11 is 9.05. The molecule has 0 atom stereocenters. The Labute approximate surface area is 442 Å². The monoisotopic (exact) mass is 1170 g/mol. The van der Waals surface area contributed by atoms with Crippen LogP contribution in [0.1, 0.15) is 121 Å². The van der Waals surface area contributed by atoms with Crippen LogP contribution in [0.25, 0.3) is 20.4 Å². The molecule has 5 aromatic rings. The number of fused-ring (bicyclic) bond motifs is 2. The van der Waals surface area contributed by atoms with Crippen LogP contribution >= 0.6 is 34.7 Å². The molecular weight excluding hydrogens is 1100 g/mol. The second kappa shape index (κ2) is 27.7. The molecular formula is C46H70B4ClN12O3S2W-. The molecule has 3 saturated heterocycles. The van der Waals surface area contributed by atoms with E-state index in [1.165, 1.54) is 48.7 Å². The van der Waals surface area contributed by atoms with E-state index in [4.69, 9.17) is 40.2 Å². The maximum atomic E-state index is 6.15. The minimum Gasteiger partial charge on any atom is -0.381 e. The molecule has 23 heteroatoms. The molecule has 2 N–H and O–H groups in total. The Hall–Kier alpha value is -2.21. The molecule has 0 bridgehead atoms. The zero-order valence-electron chi connectivity index (χ0n) is 40.4. The Morgan fingerprint density at radius 3 is 1.62 bits per heavy atom. The first-order valence-electron chi connectivity index (χ1n) is 24.0. The van der Waals surface area contributed by atoms with Gasteiger partial charge in [0.15, 0.2) is 4.83 Å². The maximum Gasteiger partial charge on any atom is 0.225 e. The first-order valence-corrected chi connectivity index (χ1v) is 25.9. The molecule has 8 heterocycles. The number of hydrogen-bond acceptors (Lipinski definition) is 16. The van der Waals surface area contributed by atoms with Gasteiger partial charge in [0.25, 0.3) is 0 Å². The number of morpholine rings is 2. The molecule has 5 fully saturated rings. The van der Waals surface area contributed by atoms with Crippen molar-refractivity contribution < 1.29 is 35.3 Å². The van der Waals surface area contributed by atoms with Gasteiger partial charge < -0.3 is 32.3 Å². The summed E-state index contributed by atoms with van der Waals surface area (Å²) in [5.41, 5.74) is 3.30. The van der Waals surface area contributed by atoms with Crippen molar-refractivity contribution in [1.29, 1.82) is 0 Å². The van der Waals surface area contributed by atoms with Crippen molar-refractivity contribution in [3.8, 4) is 0 Å². The van der Waals surface area contributed by atoms with Crippen LogP contribution in [0, 0.1) is 13.3 Å². The summed E-state index contributed by atoms with van der Waals surface area (Å²) in [5, 5.41) is 14.5. The molecule has 0 aromatic carbocycles. The number of anilines is 2. The fraction of sp³-hybridized carbons (Fsp3) is 0.696. The molecule has 69 heavy (non-hydrogen) atoms. The van der Waals surface area contributed by atoms with E-state index < -0.39 is 6.39 Å². The van der Waals surface area contributed by atoms with Crippen LogP contribution in [-0.2, 0) is 48.2 Å². The Bertz CT molecular complexity index is 2300. The Morgan fingerprint density at radius 1 is 0.710 bits per heavy atom. The van der Waals surface area contributed by atoms with E-state index in [0.717, 1.165) is 153 Å². The van der Waals surface area contributed by atoms with E-state index in [-0.39, 0.29) is 35.9 Å². The third-order valence-corrected chi connectivity index (χ3v) is 14.9. The fourth-order valence-electron chi connectivity index (χ4n) is 9.72. The molecule has 6 radical (unpaired) electrons. The standard InChI is InChI=1S/C26H37N7O2S.C18H26ClN5OS.CH4.CH3.B4.W/c1-17(2)24-23-25(28-20-3-5-21(6-4-20)32-7-9-34-10-8-32)29-22(30-26(23)36-31-24)11-18-12-27-33(13-18)14-19-15-35-16-19;1-11(2)15-14-16(21-18(19)22-17(14)26-23-15)20-12-3-5-13(6-4-12)24-7-9-25-10-8-24;;;1-4(2)3;/h12-13,17,19-21H,3-11,14-16H2,1-2H3,(H,28,29,30);11-13H,3-10H2,1-2H3,(H,20,21,22);1H4;1H3;;/q;;;-1;;. The SMILES string of the molecule is C.CC(C)c1nsc2nc(Cc3cnn(CC4COC4)c3)nc(NC3CCC(N4CCOCC4)CC3)c12.CC(C)c1nsc2nc(Cl)nc(NC3CCC(N4CCOCC4)CC3)c12.[B]B([B])[B].[CH3-].[W]. The van der Waals surface area contributed by atoms with Crippen LogP contribution in [0.15, 0.2) is 12.4 Å². The number of nitrogens with one attached hydrogen (secondary N) is 2. The molecule has 370 valence electrons. The predicted molar refractivity (Wildman–Crippen MR) is 283 cm³/mol. The van der Waals surface area contributed by atoms with Gasteiger partial charge in [-0.15, -0.1) is 0 Å². The Balaban J connectivity index is 0.000000239. The number of rotatable bonds is 12. The summed E-state index contributed by atoms with van der Waals surface area (Å²) in [6.45, 7) is 19.1. The topological polar surface area (TPSA) is 153 Å². The van der Waals surface area contributed by atoms with Gasteiger partial charge in [0, 0.05) is 126 Å². The molecule has 2 saturated carbocycles. The molecule has 10 rings (SSSR count). The van der Waals surface area contributed by atoms with Gasteiger partial charge in [-0.3, -0.25) is 14.5 Å². The van der Waals surface area contributed by atoms with Crippen LogP contribution in [0.3, 0.4) is 0 Å².